The van der Waals surface area contributed by atoms with E-state index in [1.807, 2.05) is 42.5 Å². The molecule has 3 N–H and O–H groups in total. The molecule has 0 unspecified atom stereocenters. The van der Waals surface area contributed by atoms with Crippen molar-refractivity contribution in [3.05, 3.63) is 96.1 Å². The van der Waals surface area contributed by atoms with Gasteiger partial charge in [0.25, 0.3) is 5.91 Å². The van der Waals surface area contributed by atoms with Crippen LogP contribution in [-0.4, -0.2) is 64.2 Å². The highest BCUT2D eigenvalue weighted by Crippen LogP contribution is 2.34. The van der Waals surface area contributed by atoms with E-state index in [-0.39, 0.29) is 5.91 Å². The molecule has 1 amide bonds. The van der Waals surface area contributed by atoms with Crippen LogP contribution < -0.4 is 10.2 Å². The third kappa shape index (κ3) is 4.90. The molecule has 6 aromatic rings. The van der Waals surface area contributed by atoms with Crippen LogP contribution in [0.25, 0.3) is 44.6 Å². The maximum atomic E-state index is 12.9. The molecule has 1 aliphatic heterocycles. The quantitative estimate of drug-likeness (QED) is 0.223. The third-order valence-corrected chi connectivity index (χ3v) is 8.15. The number of H-pyrrole nitrogens is 2. The molecule has 8 heteroatoms. The highest BCUT2D eigenvalue weighted by molar-refractivity contribution is 6.04. The summed E-state index contributed by atoms with van der Waals surface area (Å²) in [4.78, 5) is 26.2. The Bertz CT molecular complexity index is 1900. The first-order valence-electron chi connectivity index (χ1n) is 14.5. The molecule has 0 bridgehead atoms. The highest BCUT2D eigenvalue weighted by atomic mass is 16.1. The largest absolute Gasteiger partial charge is 0.367 e. The number of aromatic nitrogens is 4. The molecule has 1 fully saturated rings. The molecule has 0 saturated carbocycles. The van der Waals surface area contributed by atoms with Crippen molar-refractivity contribution in [1.82, 2.24) is 25.1 Å². The van der Waals surface area contributed by atoms with Crippen molar-refractivity contribution in [3.63, 3.8) is 0 Å². The minimum Gasteiger partial charge on any atom is -0.367 e. The Balaban J connectivity index is 1.24. The number of aryl methyl sites for hydroxylation is 1. The van der Waals surface area contributed by atoms with Gasteiger partial charge in [-0.3, -0.25) is 9.89 Å². The average Bonchev–Trinajstić information content (AvgIpc) is 3.65. The van der Waals surface area contributed by atoms with Gasteiger partial charge in [0.2, 0.25) is 0 Å². The first-order chi connectivity index (χ1) is 20.6. The Labute approximate surface area is 244 Å². The lowest BCUT2D eigenvalue weighted by Crippen LogP contribution is -2.44. The molecule has 8 nitrogen and oxygen atoms in total. The summed E-state index contributed by atoms with van der Waals surface area (Å²) in [6, 6.07) is 28.2. The van der Waals surface area contributed by atoms with E-state index < -0.39 is 0 Å². The SMILES string of the molecule is CCc1cc(NC(=O)c2ccccc2)cc(-c2ccc3[nH]nc(-c4nc5c(N6CCN(C)CC6)cccc5[nH]4)c3c2)c1. The number of anilines is 2. The number of carbonyl (C=O) groups is 1. The predicted octanol–water partition coefficient (Wildman–Crippen LogP) is 6.34. The number of para-hydroxylation sites is 1. The second-order valence-corrected chi connectivity index (χ2v) is 11.0. The van der Waals surface area contributed by atoms with E-state index in [1.165, 1.54) is 0 Å². The van der Waals surface area contributed by atoms with Crippen LogP contribution in [0.4, 0.5) is 11.4 Å². The number of rotatable bonds is 6. The highest BCUT2D eigenvalue weighted by Gasteiger charge is 2.20. The lowest BCUT2D eigenvalue weighted by molar-refractivity contribution is 0.102. The Morgan fingerprint density at radius 1 is 0.881 bits per heavy atom. The topological polar surface area (TPSA) is 92.9 Å². The van der Waals surface area contributed by atoms with Crippen LogP contribution in [0.15, 0.2) is 84.9 Å². The van der Waals surface area contributed by atoms with E-state index in [0.29, 0.717) is 5.56 Å². The molecular weight excluding hydrogens is 522 g/mol. The number of aromatic amines is 2. The van der Waals surface area contributed by atoms with Crippen LogP contribution in [0.5, 0.6) is 0 Å². The Morgan fingerprint density at radius 2 is 1.71 bits per heavy atom. The number of nitrogens with one attached hydrogen (secondary N) is 3. The van der Waals surface area contributed by atoms with Crippen LogP contribution >= 0.6 is 0 Å². The van der Waals surface area contributed by atoms with Gasteiger partial charge in [-0.2, -0.15) is 5.10 Å². The van der Waals surface area contributed by atoms with Crippen LogP contribution in [0.1, 0.15) is 22.8 Å². The number of fused-ring (bicyclic) bond motifs is 2. The zero-order valence-electron chi connectivity index (χ0n) is 23.8. The van der Waals surface area contributed by atoms with E-state index in [2.05, 4.69) is 86.7 Å². The average molecular weight is 556 g/mol. The summed E-state index contributed by atoms with van der Waals surface area (Å²) >= 11 is 0. The van der Waals surface area contributed by atoms with Crippen LogP contribution in [0.2, 0.25) is 0 Å². The fourth-order valence-corrected chi connectivity index (χ4v) is 5.73. The molecule has 2 aromatic heterocycles. The Morgan fingerprint density at radius 3 is 2.52 bits per heavy atom. The summed E-state index contributed by atoms with van der Waals surface area (Å²) in [7, 11) is 2.17. The van der Waals surface area contributed by atoms with Gasteiger partial charge < -0.3 is 20.1 Å². The lowest BCUT2D eigenvalue weighted by Gasteiger charge is -2.34. The lowest BCUT2D eigenvalue weighted by atomic mass is 9.99. The second kappa shape index (κ2) is 10.8. The van der Waals surface area contributed by atoms with E-state index in [9.17, 15) is 4.79 Å². The smallest absolute Gasteiger partial charge is 0.255 e. The van der Waals surface area contributed by atoms with Gasteiger partial charge in [0.15, 0.2) is 5.82 Å². The number of imidazole rings is 1. The summed E-state index contributed by atoms with van der Waals surface area (Å²) in [6.45, 7) is 6.17. The first kappa shape index (κ1) is 26.0. The summed E-state index contributed by atoms with van der Waals surface area (Å²) < 4.78 is 0. The zero-order chi connectivity index (χ0) is 28.6. The van der Waals surface area contributed by atoms with Gasteiger partial charge in [-0.25, -0.2) is 4.98 Å². The number of carbonyl (C=O) groups excluding carboxylic acids is 1. The second-order valence-electron chi connectivity index (χ2n) is 11.0. The number of amides is 1. The van der Waals surface area contributed by atoms with E-state index in [1.54, 1.807) is 0 Å². The molecule has 0 radical (unpaired) electrons. The van der Waals surface area contributed by atoms with Crippen molar-refractivity contribution >= 4 is 39.2 Å². The number of nitrogens with zero attached hydrogens (tertiary/aromatic N) is 4. The zero-order valence-corrected chi connectivity index (χ0v) is 23.8. The molecule has 210 valence electrons. The van der Waals surface area contributed by atoms with Crippen molar-refractivity contribution in [1.29, 1.82) is 0 Å². The Kier molecular flexibility index (Phi) is 6.68. The standard InChI is InChI=1S/C34H33N7O/c1-3-22-18-25(20-26(19-22)35-34(42)23-8-5-4-6-9-23)24-12-13-28-27(21-24)31(39-38-28)33-36-29-10-7-11-30(32(29)37-33)41-16-14-40(2)15-17-41/h4-13,18-21H,3,14-17H2,1-2H3,(H,35,42)(H,36,37)(H,38,39). The van der Waals surface area contributed by atoms with Gasteiger partial charge in [0.1, 0.15) is 11.2 Å². The Hall–Kier alpha value is -4.95. The summed E-state index contributed by atoms with van der Waals surface area (Å²) in [5.74, 6) is 0.622. The van der Waals surface area contributed by atoms with Crippen LogP contribution in [0, 0.1) is 0 Å². The number of likely N-dealkylation sites (N-methyl/N-ethyl adjacent to an activating group) is 1. The number of piperazine rings is 1. The van der Waals surface area contributed by atoms with Gasteiger partial charge in [0.05, 0.1) is 16.7 Å². The molecule has 4 aromatic carbocycles. The maximum absolute atomic E-state index is 12.9. The van der Waals surface area contributed by atoms with Crippen molar-refractivity contribution < 1.29 is 4.79 Å². The molecule has 1 aliphatic rings. The molecule has 3 heterocycles. The number of hydrogen-bond donors (Lipinski definition) is 3. The molecule has 7 rings (SSSR count). The number of benzene rings is 4. The van der Waals surface area contributed by atoms with Crippen molar-refractivity contribution in [2.75, 3.05) is 43.4 Å². The van der Waals surface area contributed by atoms with Crippen LogP contribution in [-0.2, 0) is 6.42 Å². The van der Waals surface area contributed by atoms with Crippen molar-refractivity contribution in [3.8, 4) is 22.6 Å². The molecule has 0 atom stereocenters. The summed E-state index contributed by atoms with van der Waals surface area (Å²) in [5.41, 5.74) is 9.50. The molecule has 1 saturated heterocycles. The first-order valence-corrected chi connectivity index (χ1v) is 14.5. The summed E-state index contributed by atoms with van der Waals surface area (Å²) in [5, 5.41) is 11.9. The van der Waals surface area contributed by atoms with Gasteiger partial charge in [-0.1, -0.05) is 43.3 Å². The van der Waals surface area contributed by atoms with E-state index >= 15 is 0 Å². The van der Waals surface area contributed by atoms with Gasteiger partial charge in [0, 0.05) is 42.8 Å². The summed E-state index contributed by atoms with van der Waals surface area (Å²) in [6.07, 6.45) is 0.857. The van der Waals surface area contributed by atoms with Crippen molar-refractivity contribution in [2.24, 2.45) is 0 Å². The molecule has 0 aliphatic carbocycles. The minimum atomic E-state index is -0.122. The third-order valence-electron chi connectivity index (χ3n) is 8.15. The maximum Gasteiger partial charge on any atom is 0.255 e. The molecule has 0 spiro atoms. The normalized spacial score (nSPS) is 14.1. The van der Waals surface area contributed by atoms with Gasteiger partial charge in [-0.15, -0.1) is 0 Å². The fourth-order valence-electron chi connectivity index (χ4n) is 5.73. The number of hydrogen-bond acceptors (Lipinski definition) is 5. The fraction of sp³-hybridized carbons (Fsp3) is 0.206. The van der Waals surface area contributed by atoms with E-state index in [0.717, 1.165) is 94.1 Å². The van der Waals surface area contributed by atoms with Crippen LogP contribution in [0.3, 0.4) is 0 Å². The van der Waals surface area contributed by atoms with E-state index in [4.69, 9.17) is 4.98 Å². The monoisotopic (exact) mass is 555 g/mol. The molecule has 42 heavy (non-hydrogen) atoms. The predicted molar refractivity (Wildman–Crippen MR) is 170 cm³/mol. The van der Waals surface area contributed by atoms with Crippen molar-refractivity contribution in [2.45, 2.75) is 13.3 Å². The van der Waals surface area contributed by atoms with Gasteiger partial charge >= 0.3 is 0 Å². The van der Waals surface area contributed by atoms with Gasteiger partial charge in [-0.05, 0) is 78.7 Å². The molecular formula is C34H33N7O. The minimum absolute atomic E-state index is 0.122.